The first-order valence-electron chi connectivity index (χ1n) is 10.2. The molecule has 1 aromatic heterocycles. The average molecular weight is 371 g/mol. The molecule has 2 aliphatic rings. The molecule has 3 heterocycles. The van der Waals surface area contributed by atoms with Gasteiger partial charge in [0.05, 0.1) is 17.9 Å². The maximum atomic E-state index is 4.92. The van der Waals surface area contributed by atoms with Gasteiger partial charge in [-0.25, -0.2) is 4.98 Å². The highest BCUT2D eigenvalue weighted by molar-refractivity contribution is 5.85. The molecule has 0 atom stereocenters. The predicted molar refractivity (Wildman–Crippen MR) is 116 cm³/mol. The molecule has 2 aromatic carbocycles. The van der Waals surface area contributed by atoms with Crippen LogP contribution in [0.3, 0.4) is 0 Å². The number of hydrogen-bond donors (Lipinski definition) is 1. The number of rotatable bonds is 4. The summed E-state index contributed by atoms with van der Waals surface area (Å²) in [4.78, 5) is 9.67. The lowest BCUT2D eigenvalue weighted by atomic mass is 9.98. The molecule has 0 bridgehead atoms. The first kappa shape index (κ1) is 17.3. The van der Waals surface area contributed by atoms with Crippen LogP contribution in [0, 0.1) is 5.92 Å². The highest BCUT2D eigenvalue weighted by Gasteiger charge is 2.20. The highest BCUT2D eigenvalue weighted by atomic mass is 15.3. The molecule has 1 N–H and O–H groups in total. The molecule has 0 saturated carbocycles. The van der Waals surface area contributed by atoms with Gasteiger partial charge in [-0.1, -0.05) is 42.5 Å². The summed E-state index contributed by atoms with van der Waals surface area (Å²) in [6.45, 7) is 4.39. The summed E-state index contributed by atoms with van der Waals surface area (Å²) < 4.78 is 0. The van der Waals surface area contributed by atoms with E-state index >= 15 is 0 Å². The van der Waals surface area contributed by atoms with Crippen LogP contribution in [0.2, 0.25) is 0 Å². The third-order valence-corrected chi connectivity index (χ3v) is 5.82. The summed E-state index contributed by atoms with van der Waals surface area (Å²) in [6, 6.07) is 21.2. The van der Waals surface area contributed by atoms with Gasteiger partial charge in [0.25, 0.3) is 0 Å². The summed E-state index contributed by atoms with van der Waals surface area (Å²) in [7, 11) is 0. The Morgan fingerprint density at radius 3 is 2.61 bits per heavy atom. The maximum absolute atomic E-state index is 4.92. The fourth-order valence-electron chi connectivity index (χ4n) is 4.20. The summed E-state index contributed by atoms with van der Waals surface area (Å²) in [5.74, 6) is 0.803. The second-order valence-corrected chi connectivity index (χ2v) is 7.81. The van der Waals surface area contributed by atoms with Gasteiger partial charge in [-0.2, -0.15) is 0 Å². The molecule has 0 amide bonds. The van der Waals surface area contributed by atoms with E-state index in [1.165, 1.54) is 23.9 Å². The number of aromatic nitrogens is 1. The number of hydrogen-bond acceptors (Lipinski definition) is 4. The van der Waals surface area contributed by atoms with Crippen molar-refractivity contribution in [1.29, 1.82) is 0 Å². The van der Waals surface area contributed by atoms with Crippen molar-refractivity contribution in [3.8, 4) is 11.3 Å². The molecule has 1 saturated heterocycles. The van der Waals surface area contributed by atoms with Gasteiger partial charge in [0.1, 0.15) is 0 Å². The molecule has 4 nitrogen and oxygen atoms in total. The molecule has 0 radical (unpaired) electrons. The first-order valence-corrected chi connectivity index (χ1v) is 10.2. The Kier molecular flexibility index (Phi) is 4.71. The van der Waals surface area contributed by atoms with Gasteiger partial charge < -0.3 is 15.1 Å². The quantitative estimate of drug-likeness (QED) is 0.735. The molecular weight excluding hydrogens is 344 g/mol. The van der Waals surface area contributed by atoms with Gasteiger partial charge in [0.2, 0.25) is 0 Å². The van der Waals surface area contributed by atoms with Gasteiger partial charge in [-0.05, 0) is 50.0 Å². The molecule has 3 aromatic rings. The third kappa shape index (κ3) is 3.60. The van der Waals surface area contributed by atoms with Crippen LogP contribution in [0.15, 0.2) is 73.1 Å². The fraction of sp³-hybridized carbons (Fsp3) is 0.292. The Balaban J connectivity index is 1.34. The van der Waals surface area contributed by atoms with E-state index in [0.29, 0.717) is 0 Å². The molecule has 5 rings (SSSR count). The third-order valence-electron chi connectivity index (χ3n) is 5.82. The SMILES string of the molecule is C1=CN(c2ccc3ccc(-c4ccccc4)nc3c2)CN1CC1CCNCC1. The van der Waals surface area contributed by atoms with Gasteiger partial charge in [-0.15, -0.1) is 0 Å². The number of fused-ring (bicyclic) bond motifs is 1. The summed E-state index contributed by atoms with van der Waals surface area (Å²) >= 11 is 0. The van der Waals surface area contributed by atoms with Crippen molar-refractivity contribution in [1.82, 2.24) is 15.2 Å². The zero-order chi connectivity index (χ0) is 18.8. The van der Waals surface area contributed by atoms with Crippen molar-refractivity contribution in [2.45, 2.75) is 12.8 Å². The van der Waals surface area contributed by atoms with Crippen molar-refractivity contribution in [2.75, 3.05) is 31.2 Å². The zero-order valence-electron chi connectivity index (χ0n) is 16.1. The first-order chi connectivity index (χ1) is 13.8. The second-order valence-electron chi connectivity index (χ2n) is 7.81. The topological polar surface area (TPSA) is 31.4 Å². The molecule has 0 unspecified atom stereocenters. The summed E-state index contributed by atoms with van der Waals surface area (Å²) in [5.41, 5.74) is 4.43. The zero-order valence-corrected chi connectivity index (χ0v) is 16.1. The lowest BCUT2D eigenvalue weighted by Gasteiger charge is -2.28. The Bertz CT molecular complexity index is 976. The van der Waals surface area contributed by atoms with E-state index in [0.717, 1.165) is 49.0 Å². The van der Waals surface area contributed by atoms with Crippen LogP contribution < -0.4 is 10.2 Å². The van der Waals surface area contributed by atoms with E-state index in [9.17, 15) is 0 Å². The van der Waals surface area contributed by atoms with Crippen molar-refractivity contribution < 1.29 is 0 Å². The van der Waals surface area contributed by atoms with Crippen molar-refractivity contribution in [3.63, 3.8) is 0 Å². The van der Waals surface area contributed by atoms with E-state index in [2.05, 4.69) is 82.1 Å². The number of nitrogens with zero attached hydrogens (tertiary/aromatic N) is 3. The second kappa shape index (κ2) is 7.64. The highest BCUT2D eigenvalue weighted by Crippen LogP contribution is 2.27. The maximum Gasteiger partial charge on any atom is 0.0942 e. The average Bonchev–Trinajstić information content (AvgIpc) is 3.23. The van der Waals surface area contributed by atoms with E-state index in [1.54, 1.807) is 0 Å². The minimum Gasteiger partial charge on any atom is -0.358 e. The monoisotopic (exact) mass is 370 g/mol. The van der Waals surface area contributed by atoms with Crippen LogP contribution >= 0.6 is 0 Å². The van der Waals surface area contributed by atoms with Gasteiger partial charge in [0.15, 0.2) is 0 Å². The Morgan fingerprint density at radius 1 is 0.929 bits per heavy atom. The molecule has 142 valence electrons. The number of pyridine rings is 1. The molecule has 0 spiro atoms. The molecular formula is C24H26N4. The lowest BCUT2D eigenvalue weighted by Crippen LogP contribution is -2.35. The van der Waals surface area contributed by atoms with Crippen LogP contribution in [0.5, 0.6) is 0 Å². The Hall–Kier alpha value is -2.85. The number of piperidine rings is 1. The van der Waals surface area contributed by atoms with Crippen LogP contribution in [0.4, 0.5) is 5.69 Å². The smallest absolute Gasteiger partial charge is 0.0942 e. The van der Waals surface area contributed by atoms with Crippen LogP contribution in [-0.4, -0.2) is 36.2 Å². The van der Waals surface area contributed by atoms with Gasteiger partial charge >= 0.3 is 0 Å². The molecule has 0 aliphatic carbocycles. The van der Waals surface area contributed by atoms with Crippen molar-refractivity contribution in [3.05, 3.63) is 73.1 Å². The van der Waals surface area contributed by atoms with Crippen LogP contribution in [0.1, 0.15) is 12.8 Å². The Morgan fingerprint density at radius 2 is 1.75 bits per heavy atom. The molecule has 4 heteroatoms. The summed E-state index contributed by atoms with van der Waals surface area (Å²) in [5, 5.41) is 4.63. The van der Waals surface area contributed by atoms with Gasteiger partial charge in [-0.3, -0.25) is 0 Å². The van der Waals surface area contributed by atoms with Gasteiger partial charge in [0, 0.05) is 35.6 Å². The normalized spacial score (nSPS) is 17.6. The predicted octanol–water partition coefficient (Wildman–Crippen LogP) is 4.45. The lowest BCUT2D eigenvalue weighted by molar-refractivity contribution is 0.274. The van der Waals surface area contributed by atoms with E-state index in [4.69, 9.17) is 4.98 Å². The van der Waals surface area contributed by atoms with E-state index in [-0.39, 0.29) is 0 Å². The number of nitrogens with one attached hydrogen (secondary N) is 1. The fourth-order valence-corrected chi connectivity index (χ4v) is 4.20. The standard InChI is InChI=1S/C24H26N4/c1-2-4-20(5-3-1)23-9-7-21-6-8-22(16-24(21)26-23)28-15-14-27(18-28)17-19-10-12-25-13-11-19/h1-9,14-16,19,25H,10-13,17-18H2. The van der Waals surface area contributed by atoms with E-state index in [1.807, 2.05) is 6.07 Å². The van der Waals surface area contributed by atoms with Crippen LogP contribution in [-0.2, 0) is 0 Å². The summed E-state index contributed by atoms with van der Waals surface area (Å²) in [6.07, 6.45) is 7.00. The molecule has 2 aliphatic heterocycles. The number of anilines is 1. The Labute approximate surface area is 166 Å². The molecule has 28 heavy (non-hydrogen) atoms. The van der Waals surface area contributed by atoms with E-state index < -0.39 is 0 Å². The van der Waals surface area contributed by atoms with Crippen LogP contribution in [0.25, 0.3) is 22.2 Å². The minimum atomic E-state index is 0.803. The van der Waals surface area contributed by atoms with Crippen molar-refractivity contribution >= 4 is 16.6 Å². The number of benzene rings is 2. The van der Waals surface area contributed by atoms with Crippen molar-refractivity contribution in [2.24, 2.45) is 5.92 Å². The largest absolute Gasteiger partial charge is 0.358 e. The molecule has 1 fully saturated rings. The minimum absolute atomic E-state index is 0.803.